The molecule has 1 heterocycles. The predicted octanol–water partition coefficient (Wildman–Crippen LogP) is 2.21. The fourth-order valence-electron chi connectivity index (χ4n) is 2.71. The summed E-state index contributed by atoms with van der Waals surface area (Å²) in [7, 11) is 0. The van der Waals surface area contributed by atoms with Crippen molar-refractivity contribution >= 4 is 5.78 Å². The predicted molar refractivity (Wildman–Crippen MR) is 76.2 cm³/mol. The number of ketones is 1. The second-order valence-electron chi connectivity index (χ2n) is 5.56. The number of benzene rings is 1. The summed E-state index contributed by atoms with van der Waals surface area (Å²) in [5, 5.41) is 9.12. The average Bonchev–Trinajstić information content (AvgIpc) is 2.48. The molecule has 1 aliphatic heterocycles. The molecule has 1 aromatic rings. The maximum absolute atomic E-state index is 12.3. The third kappa shape index (κ3) is 3.88. The smallest absolute Gasteiger partial charge is 0.166 e. The fraction of sp³-hybridized carbons (Fsp3) is 0.562. The molecule has 0 spiro atoms. The second kappa shape index (κ2) is 6.83. The van der Waals surface area contributed by atoms with Crippen molar-refractivity contribution in [1.82, 2.24) is 4.90 Å². The van der Waals surface area contributed by atoms with Crippen LogP contribution in [0.1, 0.15) is 30.1 Å². The van der Waals surface area contributed by atoms with Crippen LogP contribution in [-0.4, -0.2) is 42.0 Å². The molecule has 104 valence electrons. The van der Waals surface area contributed by atoms with Gasteiger partial charge in [0.1, 0.15) is 0 Å². The fourth-order valence-corrected chi connectivity index (χ4v) is 2.71. The number of hydrogen-bond acceptors (Lipinski definition) is 3. The lowest BCUT2D eigenvalue weighted by molar-refractivity contribution is 0.0842. The molecule has 0 bridgehead atoms. The number of aliphatic hydroxyl groups excluding tert-OH is 1. The molecule has 0 saturated carbocycles. The molecule has 1 unspecified atom stereocenters. The normalized spacial score (nSPS) is 19.3. The Hall–Kier alpha value is -1.19. The first-order chi connectivity index (χ1) is 9.20. The Balaban J connectivity index is 1.84. The molecule has 3 heteroatoms. The highest BCUT2D eigenvalue weighted by Crippen LogP contribution is 2.18. The van der Waals surface area contributed by atoms with Crippen molar-refractivity contribution in [2.75, 3.05) is 26.2 Å². The highest BCUT2D eigenvalue weighted by molar-refractivity contribution is 5.97. The number of carbonyl (C=O) groups is 1. The second-order valence-corrected chi connectivity index (χ2v) is 5.56. The molecular weight excluding hydrogens is 238 g/mol. The summed E-state index contributed by atoms with van der Waals surface area (Å²) in [6.07, 6.45) is 2.09. The first-order valence-corrected chi connectivity index (χ1v) is 7.13. The molecule has 19 heavy (non-hydrogen) atoms. The van der Waals surface area contributed by atoms with Gasteiger partial charge in [-0.2, -0.15) is 0 Å². The largest absolute Gasteiger partial charge is 0.396 e. The van der Waals surface area contributed by atoms with Crippen LogP contribution in [0.25, 0.3) is 0 Å². The molecule has 1 fully saturated rings. The summed E-state index contributed by atoms with van der Waals surface area (Å²) in [5.74, 6) is 0.717. The van der Waals surface area contributed by atoms with Gasteiger partial charge in [0.05, 0.1) is 0 Å². The first-order valence-electron chi connectivity index (χ1n) is 7.13. The lowest BCUT2D eigenvalue weighted by atomic mass is 9.95. The highest BCUT2D eigenvalue weighted by Gasteiger charge is 2.22. The molecule has 2 rings (SSSR count). The van der Waals surface area contributed by atoms with Crippen LogP contribution < -0.4 is 0 Å². The summed E-state index contributed by atoms with van der Waals surface area (Å²) in [5.41, 5.74) is 0.806. The minimum Gasteiger partial charge on any atom is -0.396 e. The van der Waals surface area contributed by atoms with Crippen molar-refractivity contribution in [1.29, 1.82) is 0 Å². The van der Waals surface area contributed by atoms with Gasteiger partial charge in [-0.1, -0.05) is 37.3 Å². The third-order valence-corrected chi connectivity index (χ3v) is 4.00. The van der Waals surface area contributed by atoms with Gasteiger partial charge in [0.25, 0.3) is 0 Å². The summed E-state index contributed by atoms with van der Waals surface area (Å²) < 4.78 is 0. The van der Waals surface area contributed by atoms with Gasteiger partial charge >= 0.3 is 0 Å². The van der Waals surface area contributed by atoms with E-state index in [1.54, 1.807) is 0 Å². The van der Waals surface area contributed by atoms with Gasteiger partial charge in [0.2, 0.25) is 0 Å². The van der Waals surface area contributed by atoms with E-state index in [2.05, 4.69) is 4.90 Å². The zero-order valence-electron chi connectivity index (χ0n) is 11.6. The van der Waals surface area contributed by atoms with Crippen LogP contribution >= 0.6 is 0 Å². The standard InChI is InChI=1S/C16H23NO2/c1-13(16(19)15-5-3-2-4-6-15)11-17-9-7-14(12-18)8-10-17/h2-6,13-14,18H,7-12H2,1H3. The Morgan fingerprint density at radius 2 is 1.95 bits per heavy atom. The number of piperidine rings is 1. The molecule has 3 nitrogen and oxygen atoms in total. The van der Waals surface area contributed by atoms with Crippen molar-refractivity contribution in [3.05, 3.63) is 35.9 Å². The van der Waals surface area contributed by atoms with Crippen LogP contribution in [0.5, 0.6) is 0 Å². The number of aliphatic hydroxyl groups is 1. The molecule has 0 radical (unpaired) electrons. The molecule has 1 aromatic carbocycles. The van der Waals surface area contributed by atoms with Gasteiger partial charge in [0.15, 0.2) is 5.78 Å². The van der Waals surface area contributed by atoms with E-state index in [-0.39, 0.29) is 11.7 Å². The van der Waals surface area contributed by atoms with Crippen LogP contribution in [0.15, 0.2) is 30.3 Å². The maximum Gasteiger partial charge on any atom is 0.166 e. The number of hydrogen-bond donors (Lipinski definition) is 1. The first kappa shape index (κ1) is 14.2. The Morgan fingerprint density at radius 1 is 1.32 bits per heavy atom. The molecule has 1 aliphatic rings. The molecule has 1 N–H and O–H groups in total. The molecule has 1 atom stereocenters. The summed E-state index contributed by atoms with van der Waals surface area (Å²) in [4.78, 5) is 14.6. The van der Waals surface area contributed by atoms with Crippen molar-refractivity contribution in [3.8, 4) is 0 Å². The van der Waals surface area contributed by atoms with Gasteiger partial charge in [-0.3, -0.25) is 4.79 Å². The monoisotopic (exact) mass is 261 g/mol. The molecule has 0 aliphatic carbocycles. The van der Waals surface area contributed by atoms with E-state index in [1.165, 1.54) is 0 Å². The van der Waals surface area contributed by atoms with Crippen LogP contribution in [-0.2, 0) is 0 Å². The van der Waals surface area contributed by atoms with Gasteiger partial charge in [-0.25, -0.2) is 0 Å². The van der Waals surface area contributed by atoms with E-state index in [1.807, 2.05) is 37.3 Å². The Kier molecular flexibility index (Phi) is 5.11. The third-order valence-electron chi connectivity index (χ3n) is 4.00. The van der Waals surface area contributed by atoms with E-state index in [0.29, 0.717) is 12.5 Å². The van der Waals surface area contributed by atoms with Gasteiger partial charge < -0.3 is 10.0 Å². The lowest BCUT2D eigenvalue weighted by Gasteiger charge is -2.32. The number of rotatable bonds is 5. The SMILES string of the molecule is CC(CN1CCC(CO)CC1)C(=O)c1ccccc1. The number of nitrogens with zero attached hydrogens (tertiary/aromatic N) is 1. The van der Waals surface area contributed by atoms with E-state index in [4.69, 9.17) is 5.11 Å². The van der Waals surface area contributed by atoms with Gasteiger partial charge in [-0.15, -0.1) is 0 Å². The van der Waals surface area contributed by atoms with Crippen LogP contribution in [0, 0.1) is 11.8 Å². The van der Waals surface area contributed by atoms with Crippen molar-refractivity contribution < 1.29 is 9.90 Å². The van der Waals surface area contributed by atoms with E-state index in [9.17, 15) is 4.79 Å². The summed E-state index contributed by atoms with van der Waals surface area (Å²) in [6, 6.07) is 9.52. The average molecular weight is 261 g/mol. The summed E-state index contributed by atoms with van der Waals surface area (Å²) >= 11 is 0. The Bertz CT molecular complexity index is 396. The summed E-state index contributed by atoms with van der Waals surface area (Å²) in [6.45, 7) is 5.13. The van der Waals surface area contributed by atoms with Gasteiger partial charge in [-0.05, 0) is 31.8 Å². The number of carbonyl (C=O) groups excluding carboxylic acids is 1. The zero-order chi connectivity index (χ0) is 13.7. The maximum atomic E-state index is 12.3. The van der Waals surface area contributed by atoms with E-state index >= 15 is 0 Å². The van der Waals surface area contributed by atoms with Crippen LogP contribution in [0.4, 0.5) is 0 Å². The van der Waals surface area contributed by atoms with Gasteiger partial charge in [0, 0.05) is 24.6 Å². The Morgan fingerprint density at radius 3 is 2.53 bits per heavy atom. The Labute approximate surface area is 115 Å². The van der Waals surface area contributed by atoms with Crippen LogP contribution in [0.3, 0.4) is 0 Å². The van der Waals surface area contributed by atoms with Crippen molar-refractivity contribution in [2.45, 2.75) is 19.8 Å². The van der Waals surface area contributed by atoms with E-state index < -0.39 is 0 Å². The van der Waals surface area contributed by atoms with Crippen molar-refractivity contribution in [2.24, 2.45) is 11.8 Å². The number of Topliss-reactive ketones (excluding diaryl/α,β-unsaturated/α-hetero) is 1. The highest BCUT2D eigenvalue weighted by atomic mass is 16.3. The molecule has 0 amide bonds. The zero-order valence-corrected chi connectivity index (χ0v) is 11.6. The van der Waals surface area contributed by atoms with Crippen molar-refractivity contribution in [3.63, 3.8) is 0 Å². The minimum atomic E-state index is 0.0353. The molecular formula is C16H23NO2. The molecule has 0 aromatic heterocycles. The molecule has 1 saturated heterocycles. The minimum absolute atomic E-state index is 0.0353. The topological polar surface area (TPSA) is 40.5 Å². The quantitative estimate of drug-likeness (QED) is 0.826. The number of likely N-dealkylation sites (tertiary alicyclic amines) is 1. The van der Waals surface area contributed by atoms with E-state index in [0.717, 1.165) is 38.0 Å². The van der Waals surface area contributed by atoms with Crippen LogP contribution in [0.2, 0.25) is 0 Å². The lowest BCUT2D eigenvalue weighted by Crippen LogP contribution is -2.39.